The zero-order chi connectivity index (χ0) is 11.2. The first kappa shape index (κ1) is 9.64. The summed E-state index contributed by atoms with van der Waals surface area (Å²) in [6.07, 6.45) is 0. The van der Waals surface area contributed by atoms with Crippen LogP contribution in [0.5, 0.6) is 0 Å². The van der Waals surface area contributed by atoms with E-state index in [-0.39, 0.29) is 11.5 Å². The molecule has 0 amide bonds. The third-order valence-corrected chi connectivity index (χ3v) is 2.35. The summed E-state index contributed by atoms with van der Waals surface area (Å²) in [5.74, 6) is -0.334. The lowest BCUT2D eigenvalue weighted by Gasteiger charge is -1.98. The van der Waals surface area contributed by atoms with E-state index < -0.39 is 5.82 Å². The predicted octanol–water partition coefficient (Wildman–Crippen LogP) is 1.32. The summed E-state index contributed by atoms with van der Waals surface area (Å²) < 4.78 is 15.6. The predicted molar refractivity (Wildman–Crippen MR) is 55.9 cm³/mol. The molecule has 4 nitrogen and oxygen atoms in total. The Morgan fingerprint density at radius 3 is 2.67 bits per heavy atom. The largest absolute Gasteiger partial charge is 0.334 e. The fourth-order valence-electron chi connectivity index (χ4n) is 1.64. The van der Waals surface area contributed by atoms with Gasteiger partial charge >= 0.3 is 5.69 Å². The Morgan fingerprint density at radius 1 is 1.40 bits per heavy atom. The van der Waals surface area contributed by atoms with Crippen molar-refractivity contribution in [3.8, 4) is 0 Å². The number of aromatic nitrogens is 2. The van der Waals surface area contributed by atoms with Crippen molar-refractivity contribution in [2.75, 3.05) is 0 Å². The molecule has 0 bridgehead atoms. The standard InChI is InChI=1S/C10H10FN3O/c1-6(12)14-9-5-7(11)3-4-8(9)13(2)10(14)15/h3-5,12H,1-2H3. The molecule has 1 aromatic heterocycles. The number of benzene rings is 1. The van der Waals surface area contributed by atoms with Gasteiger partial charge in [-0.1, -0.05) is 0 Å². The van der Waals surface area contributed by atoms with Crippen LogP contribution < -0.4 is 5.69 Å². The van der Waals surface area contributed by atoms with Crippen LogP contribution >= 0.6 is 0 Å². The fraction of sp³-hybridized carbons (Fsp3) is 0.200. The topological polar surface area (TPSA) is 50.8 Å². The molecule has 78 valence electrons. The van der Waals surface area contributed by atoms with E-state index in [0.717, 1.165) is 0 Å². The average molecular weight is 207 g/mol. The molecule has 15 heavy (non-hydrogen) atoms. The van der Waals surface area contributed by atoms with Crippen molar-refractivity contribution in [1.82, 2.24) is 9.13 Å². The van der Waals surface area contributed by atoms with Crippen molar-refractivity contribution in [1.29, 1.82) is 5.41 Å². The highest BCUT2D eigenvalue weighted by atomic mass is 19.1. The van der Waals surface area contributed by atoms with Crippen LogP contribution in [0.15, 0.2) is 23.0 Å². The molecular weight excluding hydrogens is 197 g/mol. The summed E-state index contributed by atoms with van der Waals surface area (Å²) in [7, 11) is 1.60. The fourth-order valence-corrected chi connectivity index (χ4v) is 1.64. The van der Waals surface area contributed by atoms with Gasteiger partial charge in [-0.15, -0.1) is 0 Å². The van der Waals surface area contributed by atoms with Crippen molar-refractivity contribution in [3.05, 3.63) is 34.5 Å². The number of aryl methyl sites for hydroxylation is 1. The zero-order valence-corrected chi connectivity index (χ0v) is 8.41. The Labute approximate surface area is 85.1 Å². The maximum absolute atomic E-state index is 13.0. The highest BCUT2D eigenvalue weighted by molar-refractivity contribution is 5.90. The van der Waals surface area contributed by atoms with Crippen LogP contribution in [0.2, 0.25) is 0 Å². The summed E-state index contributed by atoms with van der Waals surface area (Å²) in [4.78, 5) is 11.7. The summed E-state index contributed by atoms with van der Waals surface area (Å²) in [6, 6.07) is 4.09. The van der Waals surface area contributed by atoms with Gasteiger partial charge < -0.3 is 0 Å². The second-order valence-corrected chi connectivity index (χ2v) is 3.40. The number of rotatable bonds is 0. The molecule has 0 fully saturated rings. The Bertz CT molecular complexity index is 609. The average Bonchev–Trinajstić information content (AvgIpc) is 2.39. The number of halogens is 1. The molecule has 5 heteroatoms. The van der Waals surface area contributed by atoms with E-state index in [1.165, 1.54) is 34.3 Å². The van der Waals surface area contributed by atoms with Gasteiger partial charge in [-0.3, -0.25) is 9.98 Å². The molecule has 1 N–H and O–H groups in total. The van der Waals surface area contributed by atoms with Crippen LogP contribution in [0.4, 0.5) is 4.39 Å². The smallest absolute Gasteiger partial charge is 0.295 e. The Kier molecular flexibility index (Phi) is 1.96. The van der Waals surface area contributed by atoms with E-state index in [0.29, 0.717) is 11.0 Å². The zero-order valence-electron chi connectivity index (χ0n) is 8.41. The summed E-state index contributed by atoms with van der Waals surface area (Å²) in [6.45, 7) is 1.49. The number of hydrogen-bond donors (Lipinski definition) is 1. The molecule has 0 saturated carbocycles. The van der Waals surface area contributed by atoms with Crippen LogP contribution in [0, 0.1) is 11.2 Å². The van der Waals surface area contributed by atoms with Crippen molar-refractivity contribution in [2.45, 2.75) is 6.92 Å². The third-order valence-electron chi connectivity index (χ3n) is 2.35. The molecule has 0 spiro atoms. The second kappa shape index (κ2) is 3.05. The molecule has 0 radical (unpaired) electrons. The molecule has 1 heterocycles. The first-order chi connectivity index (χ1) is 7.02. The van der Waals surface area contributed by atoms with Gasteiger partial charge in [0.1, 0.15) is 11.7 Å². The highest BCUT2D eigenvalue weighted by Gasteiger charge is 2.11. The first-order valence-electron chi connectivity index (χ1n) is 4.45. The Morgan fingerprint density at radius 2 is 2.07 bits per heavy atom. The molecule has 0 aliphatic rings. The van der Waals surface area contributed by atoms with Gasteiger partial charge in [-0.2, -0.15) is 0 Å². The number of fused-ring (bicyclic) bond motifs is 1. The van der Waals surface area contributed by atoms with Crippen LogP contribution in [-0.2, 0) is 7.05 Å². The number of nitrogens with zero attached hydrogens (tertiary/aromatic N) is 2. The molecular formula is C10H10FN3O. The molecule has 2 rings (SSSR count). The van der Waals surface area contributed by atoms with Gasteiger partial charge in [0.2, 0.25) is 0 Å². The maximum Gasteiger partial charge on any atom is 0.334 e. The van der Waals surface area contributed by atoms with E-state index in [4.69, 9.17) is 5.41 Å². The molecule has 2 aromatic rings. The van der Waals surface area contributed by atoms with Gasteiger partial charge in [0.15, 0.2) is 0 Å². The lowest BCUT2D eigenvalue weighted by atomic mass is 10.3. The highest BCUT2D eigenvalue weighted by Crippen LogP contribution is 2.13. The number of hydrogen-bond acceptors (Lipinski definition) is 2. The summed E-state index contributed by atoms with van der Waals surface area (Å²) >= 11 is 0. The van der Waals surface area contributed by atoms with E-state index in [9.17, 15) is 9.18 Å². The van der Waals surface area contributed by atoms with Crippen molar-refractivity contribution in [2.24, 2.45) is 7.05 Å². The van der Waals surface area contributed by atoms with Gasteiger partial charge in [0, 0.05) is 13.1 Å². The van der Waals surface area contributed by atoms with Crippen LogP contribution in [0.25, 0.3) is 11.0 Å². The monoisotopic (exact) mass is 207 g/mol. The first-order valence-corrected chi connectivity index (χ1v) is 4.45. The quantitative estimate of drug-likeness (QED) is 0.514. The molecule has 0 saturated heterocycles. The third kappa shape index (κ3) is 1.27. The van der Waals surface area contributed by atoms with E-state index >= 15 is 0 Å². The molecule has 0 aliphatic heterocycles. The van der Waals surface area contributed by atoms with Gasteiger partial charge in [0.25, 0.3) is 0 Å². The molecule has 0 unspecified atom stereocenters. The van der Waals surface area contributed by atoms with Crippen molar-refractivity contribution in [3.63, 3.8) is 0 Å². The van der Waals surface area contributed by atoms with Gasteiger partial charge in [0.05, 0.1) is 11.0 Å². The van der Waals surface area contributed by atoms with Gasteiger partial charge in [-0.05, 0) is 19.1 Å². The molecule has 1 aromatic carbocycles. The Hall–Kier alpha value is -1.91. The van der Waals surface area contributed by atoms with E-state index in [1.54, 1.807) is 7.05 Å². The van der Waals surface area contributed by atoms with Crippen molar-refractivity contribution < 1.29 is 4.39 Å². The maximum atomic E-state index is 13.0. The van der Waals surface area contributed by atoms with E-state index in [2.05, 4.69) is 0 Å². The minimum atomic E-state index is -0.414. The lowest BCUT2D eigenvalue weighted by molar-refractivity contribution is 0.629. The SMILES string of the molecule is CC(=N)n1c(=O)n(C)c2ccc(F)cc21. The Balaban J connectivity index is 3.02. The number of imidazole rings is 1. The minimum absolute atomic E-state index is 0.0798. The van der Waals surface area contributed by atoms with Crippen molar-refractivity contribution >= 4 is 16.9 Å². The summed E-state index contributed by atoms with van der Waals surface area (Å²) in [5.41, 5.74) is 0.714. The van der Waals surface area contributed by atoms with Crippen LogP contribution in [0.3, 0.4) is 0 Å². The molecule has 0 atom stereocenters. The summed E-state index contributed by atoms with van der Waals surface area (Å²) in [5, 5.41) is 7.47. The second-order valence-electron chi connectivity index (χ2n) is 3.40. The molecule has 0 aliphatic carbocycles. The van der Waals surface area contributed by atoms with E-state index in [1.807, 2.05) is 0 Å². The van der Waals surface area contributed by atoms with Crippen LogP contribution in [-0.4, -0.2) is 15.0 Å². The lowest BCUT2D eigenvalue weighted by Crippen LogP contribution is -2.25. The van der Waals surface area contributed by atoms with Crippen LogP contribution in [0.1, 0.15) is 6.92 Å². The number of nitrogens with one attached hydrogen (secondary N) is 1. The minimum Gasteiger partial charge on any atom is -0.295 e. The van der Waals surface area contributed by atoms with Gasteiger partial charge in [-0.25, -0.2) is 13.8 Å². The normalized spacial score (nSPS) is 10.9.